The van der Waals surface area contributed by atoms with Crippen molar-refractivity contribution in [1.29, 1.82) is 0 Å². The molecule has 3 unspecified atom stereocenters. The number of nitrogens with zero attached hydrogens (tertiary/aromatic N) is 1. The number of carbonyl (C=O) groups is 3. The summed E-state index contributed by atoms with van der Waals surface area (Å²) < 4.78 is 5.98. The molecule has 0 bridgehead atoms. The van der Waals surface area contributed by atoms with E-state index in [-0.39, 0.29) is 30.8 Å². The molecule has 1 aromatic rings. The zero-order valence-corrected chi connectivity index (χ0v) is 21.0. The van der Waals surface area contributed by atoms with Gasteiger partial charge in [-0.05, 0) is 43.7 Å². The fourth-order valence-corrected chi connectivity index (χ4v) is 3.72. The SMILES string of the molecule is CCNC(=O)C(CCO)N(C)C(=O)C(NCCOc1ccccc1CCCNC=O)C(C)CC. The van der Waals surface area contributed by atoms with Crippen LogP contribution in [0.3, 0.4) is 0 Å². The van der Waals surface area contributed by atoms with Crippen LogP contribution < -0.4 is 20.7 Å². The van der Waals surface area contributed by atoms with E-state index in [1.807, 2.05) is 45.0 Å². The second kappa shape index (κ2) is 16.9. The summed E-state index contributed by atoms with van der Waals surface area (Å²) in [5.41, 5.74) is 1.07. The summed E-state index contributed by atoms with van der Waals surface area (Å²) >= 11 is 0. The highest BCUT2D eigenvalue weighted by Gasteiger charge is 2.32. The van der Waals surface area contributed by atoms with Gasteiger partial charge < -0.3 is 30.7 Å². The van der Waals surface area contributed by atoms with Gasteiger partial charge in [0.05, 0.1) is 6.04 Å². The molecular weight excluding hydrogens is 436 g/mol. The number of nitrogens with one attached hydrogen (secondary N) is 3. The van der Waals surface area contributed by atoms with Crippen LogP contribution in [0.1, 0.15) is 45.6 Å². The number of hydrogen-bond donors (Lipinski definition) is 4. The van der Waals surface area contributed by atoms with Crippen LogP contribution in [-0.4, -0.2) is 80.2 Å². The first-order valence-corrected chi connectivity index (χ1v) is 12.2. The van der Waals surface area contributed by atoms with E-state index in [1.54, 1.807) is 7.05 Å². The molecule has 0 radical (unpaired) electrons. The van der Waals surface area contributed by atoms with Crippen LogP contribution in [0.4, 0.5) is 0 Å². The van der Waals surface area contributed by atoms with Crippen molar-refractivity contribution in [2.24, 2.45) is 5.92 Å². The maximum absolute atomic E-state index is 13.3. The Morgan fingerprint density at radius 1 is 1.21 bits per heavy atom. The molecule has 34 heavy (non-hydrogen) atoms. The summed E-state index contributed by atoms with van der Waals surface area (Å²) in [6.07, 6.45) is 3.28. The minimum Gasteiger partial charge on any atom is -0.492 e. The summed E-state index contributed by atoms with van der Waals surface area (Å²) in [7, 11) is 1.61. The summed E-state index contributed by atoms with van der Waals surface area (Å²) in [5.74, 6) is 0.399. The van der Waals surface area contributed by atoms with Gasteiger partial charge in [-0.1, -0.05) is 38.5 Å². The Bertz CT molecular complexity index is 746. The van der Waals surface area contributed by atoms with Gasteiger partial charge in [0.2, 0.25) is 18.2 Å². The van der Waals surface area contributed by atoms with Gasteiger partial charge in [0.1, 0.15) is 18.4 Å². The molecule has 0 aliphatic rings. The second-order valence-corrected chi connectivity index (χ2v) is 8.32. The number of hydrogen-bond acceptors (Lipinski definition) is 6. The maximum Gasteiger partial charge on any atom is 0.242 e. The molecule has 0 aliphatic carbocycles. The van der Waals surface area contributed by atoms with Crippen LogP contribution in [0, 0.1) is 5.92 Å². The summed E-state index contributed by atoms with van der Waals surface area (Å²) in [6.45, 7) is 7.57. The fraction of sp³-hybridized carbons (Fsp3) is 0.640. The lowest BCUT2D eigenvalue weighted by atomic mass is 9.97. The van der Waals surface area contributed by atoms with E-state index >= 15 is 0 Å². The number of amides is 3. The number of aryl methyl sites for hydroxylation is 1. The van der Waals surface area contributed by atoms with E-state index in [1.165, 1.54) is 4.90 Å². The summed E-state index contributed by atoms with van der Waals surface area (Å²) in [6, 6.07) is 6.60. The third-order valence-electron chi connectivity index (χ3n) is 5.90. The Morgan fingerprint density at radius 2 is 1.94 bits per heavy atom. The molecule has 0 saturated heterocycles. The van der Waals surface area contributed by atoms with Gasteiger partial charge in [-0.15, -0.1) is 0 Å². The van der Waals surface area contributed by atoms with E-state index in [9.17, 15) is 19.5 Å². The van der Waals surface area contributed by atoms with Crippen molar-refractivity contribution in [1.82, 2.24) is 20.9 Å². The Morgan fingerprint density at radius 3 is 2.59 bits per heavy atom. The molecule has 0 saturated carbocycles. The minimum absolute atomic E-state index is 0.0524. The van der Waals surface area contributed by atoms with Crippen molar-refractivity contribution < 1.29 is 24.2 Å². The van der Waals surface area contributed by atoms with Gasteiger partial charge in [0.25, 0.3) is 0 Å². The molecule has 9 nitrogen and oxygen atoms in total. The van der Waals surface area contributed by atoms with E-state index in [2.05, 4.69) is 16.0 Å². The van der Waals surface area contributed by atoms with Crippen LogP contribution in [0.25, 0.3) is 0 Å². The topological polar surface area (TPSA) is 120 Å². The van der Waals surface area contributed by atoms with Gasteiger partial charge >= 0.3 is 0 Å². The second-order valence-electron chi connectivity index (χ2n) is 8.32. The van der Waals surface area contributed by atoms with E-state index in [0.717, 1.165) is 30.6 Å². The molecule has 4 N–H and O–H groups in total. The quantitative estimate of drug-likeness (QED) is 0.185. The minimum atomic E-state index is -0.720. The number of carbonyl (C=O) groups excluding carboxylic acids is 3. The largest absolute Gasteiger partial charge is 0.492 e. The number of aliphatic hydroxyl groups excluding tert-OH is 1. The Hall–Kier alpha value is -2.65. The van der Waals surface area contributed by atoms with Crippen molar-refractivity contribution >= 4 is 18.2 Å². The molecule has 0 fully saturated rings. The van der Waals surface area contributed by atoms with Crippen molar-refractivity contribution in [3.63, 3.8) is 0 Å². The number of rotatable bonds is 18. The van der Waals surface area contributed by atoms with Crippen LogP contribution in [-0.2, 0) is 20.8 Å². The van der Waals surface area contributed by atoms with Gasteiger partial charge in [0.15, 0.2) is 0 Å². The highest BCUT2D eigenvalue weighted by Crippen LogP contribution is 2.19. The average Bonchev–Trinajstić information content (AvgIpc) is 2.84. The number of para-hydroxylation sites is 1. The van der Waals surface area contributed by atoms with Crippen LogP contribution in [0.2, 0.25) is 0 Å². The number of likely N-dealkylation sites (N-methyl/N-ethyl adjacent to an activating group) is 2. The van der Waals surface area contributed by atoms with Crippen molar-refractivity contribution in [2.75, 3.05) is 39.9 Å². The first kappa shape index (κ1) is 29.4. The zero-order chi connectivity index (χ0) is 25.3. The monoisotopic (exact) mass is 478 g/mol. The summed E-state index contributed by atoms with van der Waals surface area (Å²) in [4.78, 5) is 37.6. The number of benzene rings is 1. The molecule has 1 rings (SSSR count). The van der Waals surface area contributed by atoms with Crippen LogP contribution in [0.5, 0.6) is 5.75 Å². The molecule has 0 aromatic heterocycles. The third-order valence-corrected chi connectivity index (χ3v) is 5.90. The molecular formula is C25H42N4O5. The van der Waals surface area contributed by atoms with Crippen molar-refractivity contribution in [3.8, 4) is 5.75 Å². The smallest absolute Gasteiger partial charge is 0.242 e. The van der Waals surface area contributed by atoms with Gasteiger partial charge in [0, 0.05) is 33.3 Å². The maximum atomic E-state index is 13.3. The third kappa shape index (κ3) is 9.69. The normalized spacial score (nSPS) is 13.4. The molecule has 192 valence electrons. The summed E-state index contributed by atoms with van der Waals surface area (Å²) in [5, 5.41) is 18.1. The van der Waals surface area contributed by atoms with Crippen molar-refractivity contribution in [2.45, 2.75) is 58.5 Å². The van der Waals surface area contributed by atoms with E-state index < -0.39 is 12.1 Å². The Labute approximate surface area is 203 Å². The van der Waals surface area contributed by atoms with Gasteiger partial charge in [-0.25, -0.2) is 0 Å². The molecule has 3 atom stereocenters. The molecule has 0 aliphatic heterocycles. The highest BCUT2D eigenvalue weighted by atomic mass is 16.5. The molecule has 1 aromatic carbocycles. The highest BCUT2D eigenvalue weighted by molar-refractivity contribution is 5.89. The number of ether oxygens (including phenoxy) is 1. The lowest BCUT2D eigenvalue weighted by Gasteiger charge is -2.32. The van der Waals surface area contributed by atoms with E-state index in [0.29, 0.717) is 32.7 Å². The first-order chi connectivity index (χ1) is 16.4. The van der Waals surface area contributed by atoms with E-state index in [4.69, 9.17) is 4.74 Å². The van der Waals surface area contributed by atoms with Crippen LogP contribution in [0.15, 0.2) is 24.3 Å². The Balaban J connectivity index is 2.74. The lowest BCUT2D eigenvalue weighted by Crippen LogP contribution is -2.55. The molecule has 0 spiro atoms. The zero-order valence-electron chi connectivity index (χ0n) is 21.0. The van der Waals surface area contributed by atoms with Crippen molar-refractivity contribution in [3.05, 3.63) is 29.8 Å². The molecule has 3 amide bonds. The predicted octanol–water partition coefficient (Wildman–Crippen LogP) is 1.09. The first-order valence-electron chi connectivity index (χ1n) is 12.2. The average molecular weight is 479 g/mol. The molecule has 9 heteroatoms. The van der Waals surface area contributed by atoms with Crippen LogP contribution >= 0.6 is 0 Å². The van der Waals surface area contributed by atoms with Gasteiger partial charge in [-0.2, -0.15) is 0 Å². The lowest BCUT2D eigenvalue weighted by molar-refractivity contribution is -0.142. The predicted molar refractivity (Wildman–Crippen MR) is 133 cm³/mol. The number of aliphatic hydroxyl groups is 1. The standard InChI is InChI=1S/C25H42N4O5/c1-5-19(3)23(25(33)29(4)21(13-16-30)24(32)27-6-2)28-15-17-34-22-12-8-7-10-20(22)11-9-14-26-18-31/h7-8,10,12,18-19,21,23,28,30H,5-6,9,11,13-17H2,1-4H3,(H,26,31)(H,27,32). The fourth-order valence-electron chi connectivity index (χ4n) is 3.72. The molecule has 0 heterocycles. The van der Waals surface area contributed by atoms with Gasteiger partial charge in [-0.3, -0.25) is 14.4 Å². The Kier molecular flexibility index (Phi) is 14.6.